The highest BCUT2D eigenvalue weighted by molar-refractivity contribution is 9.10. The predicted octanol–water partition coefficient (Wildman–Crippen LogP) is 3.61. The van der Waals surface area contributed by atoms with Crippen molar-refractivity contribution in [1.29, 1.82) is 0 Å². The lowest BCUT2D eigenvalue weighted by atomic mass is 10.2. The summed E-state index contributed by atoms with van der Waals surface area (Å²) in [6.45, 7) is 0.734. The van der Waals surface area contributed by atoms with Crippen LogP contribution in [0.3, 0.4) is 0 Å². The number of benzene rings is 2. The lowest BCUT2D eigenvalue weighted by Gasteiger charge is -2.09. The highest BCUT2D eigenvalue weighted by Crippen LogP contribution is 2.22. The molecule has 2 aromatic carbocycles. The van der Waals surface area contributed by atoms with Crippen molar-refractivity contribution in [3.8, 4) is 11.5 Å². The summed E-state index contributed by atoms with van der Waals surface area (Å²) >= 11 is 3.18. The first kappa shape index (κ1) is 14.4. The van der Waals surface area contributed by atoms with Crippen LogP contribution >= 0.6 is 15.9 Å². The molecule has 0 unspecified atom stereocenters. The maximum absolute atomic E-state index is 11.0. The molecule has 2 rings (SSSR count). The van der Waals surface area contributed by atoms with Gasteiger partial charge in [-0.25, -0.2) is 4.79 Å². The highest BCUT2D eigenvalue weighted by Gasteiger charge is 2.09. The molecule has 20 heavy (non-hydrogen) atoms. The largest absolute Gasteiger partial charge is 0.490 e. The Hall–Kier alpha value is -2.01. The molecule has 0 bridgehead atoms. The Labute approximate surface area is 125 Å². The molecular formula is C15H13BrO4. The molecule has 0 amide bonds. The van der Waals surface area contributed by atoms with Gasteiger partial charge >= 0.3 is 5.97 Å². The number of ether oxygens (including phenoxy) is 2. The molecule has 0 aromatic heterocycles. The molecule has 0 aliphatic heterocycles. The fourth-order valence-corrected chi connectivity index (χ4v) is 2.01. The van der Waals surface area contributed by atoms with Crippen molar-refractivity contribution >= 4 is 21.9 Å². The van der Waals surface area contributed by atoms with E-state index >= 15 is 0 Å². The maximum atomic E-state index is 11.0. The Balaban J connectivity index is 1.85. The third-order valence-electron chi connectivity index (χ3n) is 2.53. The SMILES string of the molecule is O=C(O)c1cc(OCCOc2ccccc2)ccc1Br. The van der Waals surface area contributed by atoms with Crippen molar-refractivity contribution in [3.05, 3.63) is 58.6 Å². The quantitative estimate of drug-likeness (QED) is 0.819. The predicted molar refractivity (Wildman–Crippen MR) is 78.5 cm³/mol. The number of halogens is 1. The topological polar surface area (TPSA) is 55.8 Å². The van der Waals surface area contributed by atoms with Crippen molar-refractivity contribution in [2.75, 3.05) is 13.2 Å². The van der Waals surface area contributed by atoms with Gasteiger partial charge in [0.05, 0.1) is 5.56 Å². The van der Waals surface area contributed by atoms with Crippen molar-refractivity contribution < 1.29 is 19.4 Å². The fourth-order valence-electron chi connectivity index (χ4n) is 1.59. The molecule has 104 valence electrons. The van der Waals surface area contributed by atoms with E-state index in [1.165, 1.54) is 6.07 Å². The van der Waals surface area contributed by atoms with Crippen LogP contribution in [0.1, 0.15) is 10.4 Å². The van der Waals surface area contributed by atoms with Gasteiger partial charge in [-0.3, -0.25) is 0 Å². The van der Waals surface area contributed by atoms with Crippen molar-refractivity contribution in [3.63, 3.8) is 0 Å². The molecule has 0 atom stereocenters. The van der Waals surface area contributed by atoms with Gasteiger partial charge < -0.3 is 14.6 Å². The molecule has 1 N–H and O–H groups in total. The minimum absolute atomic E-state index is 0.173. The molecule has 5 heteroatoms. The van der Waals surface area contributed by atoms with E-state index in [2.05, 4.69) is 15.9 Å². The first-order chi connectivity index (χ1) is 9.66. The van der Waals surface area contributed by atoms with Gasteiger partial charge in [0.25, 0.3) is 0 Å². The van der Waals surface area contributed by atoms with E-state index in [0.717, 1.165) is 5.75 Å². The molecule has 0 spiro atoms. The van der Waals surface area contributed by atoms with Crippen molar-refractivity contribution in [2.24, 2.45) is 0 Å². The van der Waals surface area contributed by atoms with Crippen LogP contribution < -0.4 is 9.47 Å². The molecule has 2 aromatic rings. The van der Waals surface area contributed by atoms with Gasteiger partial charge in [-0.2, -0.15) is 0 Å². The van der Waals surface area contributed by atoms with E-state index < -0.39 is 5.97 Å². The second-order valence-electron chi connectivity index (χ2n) is 3.96. The van der Waals surface area contributed by atoms with E-state index in [1.54, 1.807) is 12.1 Å². The van der Waals surface area contributed by atoms with Crippen LogP contribution in [0.2, 0.25) is 0 Å². The first-order valence-electron chi connectivity index (χ1n) is 6.00. The normalized spacial score (nSPS) is 10.1. The molecule has 0 aliphatic rings. The van der Waals surface area contributed by atoms with E-state index in [0.29, 0.717) is 23.4 Å². The zero-order valence-electron chi connectivity index (χ0n) is 10.6. The average Bonchev–Trinajstić information content (AvgIpc) is 2.46. The molecule has 0 fully saturated rings. The molecular weight excluding hydrogens is 324 g/mol. The number of hydrogen-bond acceptors (Lipinski definition) is 3. The molecule has 4 nitrogen and oxygen atoms in total. The first-order valence-corrected chi connectivity index (χ1v) is 6.79. The van der Waals surface area contributed by atoms with Crippen LogP contribution in [0.5, 0.6) is 11.5 Å². The average molecular weight is 337 g/mol. The molecule has 0 radical (unpaired) electrons. The number of carbonyl (C=O) groups is 1. The van der Waals surface area contributed by atoms with Crippen LogP contribution in [0.25, 0.3) is 0 Å². The Kier molecular flexibility index (Phi) is 5.01. The molecule has 0 heterocycles. The summed E-state index contributed by atoms with van der Waals surface area (Å²) in [7, 11) is 0. The van der Waals surface area contributed by atoms with Crippen molar-refractivity contribution in [1.82, 2.24) is 0 Å². The number of carboxylic acid groups (broad SMARTS) is 1. The summed E-state index contributed by atoms with van der Waals surface area (Å²) < 4.78 is 11.5. The summed E-state index contributed by atoms with van der Waals surface area (Å²) in [4.78, 5) is 11.0. The Bertz CT molecular complexity index is 584. The summed E-state index contributed by atoms with van der Waals surface area (Å²) in [6.07, 6.45) is 0. The van der Waals surface area contributed by atoms with Crippen LogP contribution in [-0.2, 0) is 0 Å². The van der Waals surface area contributed by atoms with Gasteiger partial charge in [0.1, 0.15) is 24.7 Å². The minimum atomic E-state index is -0.997. The number of carboxylic acids is 1. The Morgan fingerprint density at radius 1 is 1.00 bits per heavy atom. The molecule has 0 aliphatic carbocycles. The van der Waals surface area contributed by atoms with E-state index in [4.69, 9.17) is 14.6 Å². The Morgan fingerprint density at radius 2 is 1.65 bits per heavy atom. The third-order valence-corrected chi connectivity index (χ3v) is 3.22. The standard InChI is InChI=1S/C15H13BrO4/c16-14-7-6-12(10-13(14)15(17)18)20-9-8-19-11-4-2-1-3-5-11/h1-7,10H,8-9H2,(H,17,18). The lowest BCUT2D eigenvalue weighted by molar-refractivity contribution is 0.0695. The second-order valence-corrected chi connectivity index (χ2v) is 4.81. The molecule has 0 saturated carbocycles. The summed E-state index contributed by atoms with van der Waals surface area (Å²) in [6, 6.07) is 14.3. The van der Waals surface area contributed by atoms with Crippen LogP contribution in [-0.4, -0.2) is 24.3 Å². The second kappa shape index (κ2) is 6.96. The summed E-state index contributed by atoms with van der Waals surface area (Å²) in [5.74, 6) is 0.281. The van der Waals surface area contributed by atoms with Crippen LogP contribution in [0.4, 0.5) is 0 Å². The van der Waals surface area contributed by atoms with Crippen LogP contribution in [0.15, 0.2) is 53.0 Å². The minimum Gasteiger partial charge on any atom is -0.490 e. The van der Waals surface area contributed by atoms with Gasteiger partial charge in [0, 0.05) is 4.47 Å². The monoisotopic (exact) mass is 336 g/mol. The zero-order valence-corrected chi connectivity index (χ0v) is 12.2. The summed E-state index contributed by atoms with van der Waals surface area (Å²) in [5, 5.41) is 9.00. The van der Waals surface area contributed by atoms with Gasteiger partial charge in [0.2, 0.25) is 0 Å². The third kappa shape index (κ3) is 3.99. The maximum Gasteiger partial charge on any atom is 0.336 e. The van der Waals surface area contributed by atoms with E-state index in [1.807, 2.05) is 30.3 Å². The number of aromatic carboxylic acids is 1. The summed E-state index contributed by atoms with van der Waals surface area (Å²) in [5.41, 5.74) is 0.173. The van der Waals surface area contributed by atoms with Gasteiger partial charge in [-0.1, -0.05) is 18.2 Å². The molecule has 0 saturated heterocycles. The number of para-hydroxylation sites is 1. The van der Waals surface area contributed by atoms with E-state index in [-0.39, 0.29) is 5.56 Å². The van der Waals surface area contributed by atoms with Gasteiger partial charge in [-0.05, 0) is 46.3 Å². The van der Waals surface area contributed by atoms with E-state index in [9.17, 15) is 4.79 Å². The Morgan fingerprint density at radius 3 is 2.30 bits per heavy atom. The zero-order chi connectivity index (χ0) is 14.4. The van der Waals surface area contributed by atoms with Crippen LogP contribution in [0, 0.1) is 0 Å². The van der Waals surface area contributed by atoms with Gasteiger partial charge in [0.15, 0.2) is 0 Å². The number of rotatable bonds is 6. The lowest BCUT2D eigenvalue weighted by Crippen LogP contribution is -2.09. The van der Waals surface area contributed by atoms with Crippen molar-refractivity contribution in [2.45, 2.75) is 0 Å². The fraction of sp³-hybridized carbons (Fsp3) is 0.133. The van der Waals surface area contributed by atoms with Gasteiger partial charge in [-0.15, -0.1) is 0 Å². The highest BCUT2D eigenvalue weighted by atomic mass is 79.9. The smallest absolute Gasteiger partial charge is 0.336 e. The number of hydrogen-bond donors (Lipinski definition) is 1.